The number of rotatable bonds is 7. The molecule has 1 unspecified atom stereocenters. The van der Waals surface area contributed by atoms with Crippen LogP contribution in [-0.2, 0) is 20.6 Å². The van der Waals surface area contributed by atoms with E-state index >= 15 is 0 Å². The summed E-state index contributed by atoms with van der Waals surface area (Å²) in [5.74, 6) is 0.455. The highest BCUT2D eigenvalue weighted by atomic mass is 35.5. The van der Waals surface area contributed by atoms with Crippen molar-refractivity contribution < 1.29 is 17.9 Å². The molecule has 1 aliphatic rings. The van der Waals surface area contributed by atoms with E-state index in [4.69, 9.17) is 16.3 Å². The summed E-state index contributed by atoms with van der Waals surface area (Å²) in [5, 5.41) is 3.56. The van der Waals surface area contributed by atoms with Gasteiger partial charge in [0.2, 0.25) is 15.9 Å². The Morgan fingerprint density at radius 2 is 1.87 bits per heavy atom. The third-order valence-corrected chi connectivity index (χ3v) is 7.52. The fourth-order valence-electron chi connectivity index (χ4n) is 3.63. The van der Waals surface area contributed by atoms with E-state index in [-0.39, 0.29) is 23.6 Å². The Bertz CT molecular complexity index is 971. The third-order valence-electron chi connectivity index (χ3n) is 5.43. The molecule has 0 bridgehead atoms. The second-order valence-corrected chi connectivity index (χ2v) is 9.97. The van der Waals surface area contributed by atoms with Crippen LogP contribution >= 0.6 is 11.6 Å². The van der Waals surface area contributed by atoms with Gasteiger partial charge < -0.3 is 10.1 Å². The minimum Gasteiger partial charge on any atom is -0.497 e. The van der Waals surface area contributed by atoms with Crippen LogP contribution in [0.3, 0.4) is 0 Å². The summed E-state index contributed by atoms with van der Waals surface area (Å²) in [5.41, 5.74) is 1.65. The van der Waals surface area contributed by atoms with Gasteiger partial charge in [0.05, 0.1) is 18.9 Å². The molecule has 0 spiro atoms. The van der Waals surface area contributed by atoms with E-state index in [9.17, 15) is 13.2 Å². The third kappa shape index (κ3) is 5.74. The molecule has 0 aromatic heterocycles. The van der Waals surface area contributed by atoms with E-state index in [2.05, 4.69) is 5.32 Å². The molecule has 2 aromatic rings. The number of methoxy groups -OCH3 is 1. The second-order valence-electron chi connectivity index (χ2n) is 7.56. The molecule has 0 aliphatic carbocycles. The number of hydrogen-bond acceptors (Lipinski definition) is 4. The van der Waals surface area contributed by atoms with Crippen LogP contribution in [0, 0.1) is 5.92 Å². The summed E-state index contributed by atoms with van der Waals surface area (Å²) in [4.78, 5) is 12.7. The van der Waals surface area contributed by atoms with Crippen molar-refractivity contribution in [3.8, 4) is 5.75 Å². The van der Waals surface area contributed by atoms with Crippen molar-refractivity contribution in [1.29, 1.82) is 0 Å². The van der Waals surface area contributed by atoms with E-state index in [0.717, 1.165) is 11.3 Å². The van der Waals surface area contributed by atoms with Gasteiger partial charge in [-0.3, -0.25) is 4.79 Å². The maximum Gasteiger partial charge on any atom is 0.223 e. The van der Waals surface area contributed by atoms with Crippen molar-refractivity contribution in [2.24, 2.45) is 5.92 Å². The SMILES string of the molecule is COc1ccc(C(C)NC(=O)C2CCN(S(=O)(=O)Cc3cccc(Cl)c3)CC2)cc1. The van der Waals surface area contributed by atoms with Crippen molar-refractivity contribution in [1.82, 2.24) is 9.62 Å². The smallest absolute Gasteiger partial charge is 0.223 e. The number of nitrogens with one attached hydrogen (secondary N) is 1. The van der Waals surface area contributed by atoms with Crippen molar-refractivity contribution >= 4 is 27.5 Å². The van der Waals surface area contributed by atoms with Gasteiger partial charge in [0.15, 0.2) is 0 Å². The molecule has 8 heteroatoms. The Kier molecular flexibility index (Phi) is 7.39. The Morgan fingerprint density at radius 1 is 1.20 bits per heavy atom. The lowest BCUT2D eigenvalue weighted by Gasteiger charge is -2.31. The average Bonchev–Trinajstić information content (AvgIpc) is 2.73. The fraction of sp³-hybridized carbons (Fsp3) is 0.409. The van der Waals surface area contributed by atoms with Crippen LogP contribution in [0.2, 0.25) is 5.02 Å². The monoisotopic (exact) mass is 450 g/mol. The number of carbonyl (C=O) groups excluding carboxylic acids is 1. The van der Waals surface area contributed by atoms with E-state index in [1.54, 1.807) is 31.4 Å². The molecular formula is C22H27ClN2O4S. The van der Waals surface area contributed by atoms with Gasteiger partial charge in [0.25, 0.3) is 0 Å². The first kappa shape index (κ1) is 22.6. The predicted molar refractivity (Wildman–Crippen MR) is 118 cm³/mol. The second kappa shape index (κ2) is 9.81. The number of hydrogen-bond donors (Lipinski definition) is 1. The van der Waals surface area contributed by atoms with Crippen LogP contribution in [0.1, 0.15) is 36.9 Å². The molecule has 1 fully saturated rings. The predicted octanol–water partition coefficient (Wildman–Crippen LogP) is 3.77. The van der Waals surface area contributed by atoms with Gasteiger partial charge in [-0.2, -0.15) is 0 Å². The molecule has 1 atom stereocenters. The summed E-state index contributed by atoms with van der Waals surface area (Å²) in [6.07, 6.45) is 1.02. The van der Waals surface area contributed by atoms with E-state index in [1.807, 2.05) is 31.2 Å². The van der Waals surface area contributed by atoms with E-state index < -0.39 is 10.0 Å². The van der Waals surface area contributed by atoms with Crippen molar-refractivity contribution in [3.05, 3.63) is 64.7 Å². The number of sulfonamides is 1. The van der Waals surface area contributed by atoms with Crippen LogP contribution in [-0.4, -0.2) is 38.8 Å². The highest BCUT2D eigenvalue weighted by Crippen LogP contribution is 2.24. The maximum atomic E-state index is 12.7. The number of nitrogens with zero attached hydrogens (tertiary/aromatic N) is 1. The highest BCUT2D eigenvalue weighted by molar-refractivity contribution is 7.88. The first-order valence-corrected chi connectivity index (χ1v) is 11.9. The number of ether oxygens (including phenoxy) is 1. The molecule has 162 valence electrons. The Morgan fingerprint density at radius 3 is 2.47 bits per heavy atom. The van der Waals surface area contributed by atoms with E-state index in [0.29, 0.717) is 36.5 Å². The number of benzene rings is 2. The lowest BCUT2D eigenvalue weighted by Crippen LogP contribution is -2.43. The molecular weight excluding hydrogens is 424 g/mol. The largest absolute Gasteiger partial charge is 0.497 e. The number of halogens is 1. The lowest BCUT2D eigenvalue weighted by molar-refractivity contribution is -0.126. The first-order valence-electron chi connectivity index (χ1n) is 9.95. The Labute approximate surface area is 183 Å². The normalized spacial score (nSPS) is 16.8. The summed E-state index contributed by atoms with van der Waals surface area (Å²) in [6.45, 7) is 2.63. The molecule has 1 N–H and O–H groups in total. The van der Waals surface area contributed by atoms with Crippen LogP contribution < -0.4 is 10.1 Å². The standard InChI is InChI=1S/C22H27ClN2O4S/c1-16(18-6-8-21(29-2)9-7-18)24-22(26)19-10-12-25(13-11-19)30(27,28)15-17-4-3-5-20(23)14-17/h3-9,14,16,19H,10-13,15H2,1-2H3,(H,24,26). The summed E-state index contributed by atoms with van der Waals surface area (Å²) >= 11 is 5.96. The Balaban J connectivity index is 1.53. The molecule has 1 saturated heterocycles. The van der Waals surface area contributed by atoms with Crippen molar-refractivity contribution in [3.63, 3.8) is 0 Å². The highest BCUT2D eigenvalue weighted by Gasteiger charge is 2.31. The Hall–Kier alpha value is -2.09. The number of carbonyl (C=O) groups is 1. The summed E-state index contributed by atoms with van der Waals surface area (Å²) in [7, 11) is -1.83. The molecule has 3 rings (SSSR count). The molecule has 0 radical (unpaired) electrons. The zero-order chi connectivity index (χ0) is 21.7. The van der Waals surface area contributed by atoms with Crippen LogP contribution in [0.5, 0.6) is 5.75 Å². The first-order chi connectivity index (χ1) is 14.3. The minimum atomic E-state index is -3.44. The van der Waals surface area contributed by atoms with Crippen molar-refractivity contribution in [2.45, 2.75) is 31.6 Å². The van der Waals surface area contributed by atoms with Crippen LogP contribution in [0.25, 0.3) is 0 Å². The molecule has 2 aromatic carbocycles. The summed E-state index contributed by atoms with van der Waals surface area (Å²) in [6, 6.07) is 14.3. The van der Waals surface area contributed by atoms with Gasteiger partial charge in [-0.25, -0.2) is 12.7 Å². The van der Waals surface area contributed by atoms with Gasteiger partial charge in [-0.1, -0.05) is 35.9 Å². The van der Waals surface area contributed by atoms with Crippen LogP contribution in [0.15, 0.2) is 48.5 Å². The molecule has 30 heavy (non-hydrogen) atoms. The van der Waals surface area contributed by atoms with E-state index in [1.165, 1.54) is 4.31 Å². The number of amides is 1. The lowest BCUT2D eigenvalue weighted by atomic mass is 9.96. The van der Waals surface area contributed by atoms with Crippen molar-refractivity contribution in [2.75, 3.05) is 20.2 Å². The zero-order valence-electron chi connectivity index (χ0n) is 17.2. The van der Waals surface area contributed by atoms with Gasteiger partial charge >= 0.3 is 0 Å². The molecule has 1 amide bonds. The van der Waals surface area contributed by atoms with Gasteiger partial charge in [-0.05, 0) is 55.2 Å². The molecule has 0 saturated carbocycles. The minimum absolute atomic E-state index is 0.0368. The maximum absolute atomic E-state index is 12.7. The van der Waals surface area contributed by atoms with Gasteiger partial charge in [0, 0.05) is 24.0 Å². The zero-order valence-corrected chi connectivity index (χ0v) is 18.7. The number of piperidine rings is 1. The quantitative estimate of drug-likeness (QED) is 0.696. The van der Waals surface area contributed by atoms with Gasteiger partial charge in [0.1, 0.15) is 5.75 Å². The topological polar surface area (TPSA) is 75.7 Å². The van der Waals surface area contributed by atoms with Crippen LogP contribution in [0.4, 0.5) is 0 Å². The summed E-state index contributed by atoms with van der Waals surface area (Å²) < 4.78 is 32.1. The molecule has 1 aliphatic heterocycles. The molecule has 6 nitrogen and oxygen atoms in total. The average molecular weight is 451 g/mol. The van der Waals surface area contributed by atoms with Gasteiger partial charge in [-0.15, -0.1) is 0 Å². The molecule has 1 heterocycles. The fourth-order valence-corrected chi connectivity index (χ4v) is 5.40.